The minimum Gasteiger partial charge on any atom is -0.394 e. The molecule has 1 atom stereocenters. The number of rotatable bonds is 6. The minimum atomic E-state index is -1.28. The molecule has 0 fully saturated rings. The van der Waals surface area contributed by atoms with Gasteiger partial charge in [-0.1, -0.05) is 0 Å². The number of nitrogens with zero attached hydrogens (tertiary/aromatic N) is 2. The molecule has 0 saturated carbocycles. The van der Waals surface area contributed by atoms with Gasteiger partial charge in [-0.25, -0.2) is 4.68 Å². The van der Waals surface area contributed by atoms with E-state index in [2.05, 4.69) is 26.3 Å². The third-order valence-electron chi connectivity index (χ3n) is 2.30. The van der Waals surface area contributed by atoms with Crippen LogP contribution in [0.15, 0.2) is 15.5 Å². The highest BCUT2D eigenvalue weighted by Gasteiger charge is 2.19. The Balaban J connectivity index is 2.86. The number of aliphatic hydroxyl groups is 3. The summed E-state index contributed by atoms with van der Waals surface area (Å²) in [7, 11) is 0. The van der Waals surface area contributed by atoms with E-state index >= 15 is 0 Å². The SMILES string of the molecule is CC(O)(CO)CNc1cnn(CCO)c(=O)c1Br. The van der Waals surface area contributed by atoms with Crippen LogP contribution in [-0.2, 0) is 6.54 Å². The fourth-order valence-corrected chi connectivity index (χ4v) is 1.63. The second kappa shape index (κ2) is 6.28. The minimum absolute atomic E-state index is 0.0766. The molecule has 0 saturated heterocycles. The summed E-state index contributed by atoms with van der Waals surface area (Å²) in [6.45, 7) is 1.09. The number of aliphatic hydroxyl groups excluding tert-OH is 2. The molecule has 0 aliphatic rings. The summed E-state index contributed by atoms with van der Waals surface area (Å²) >= 11 is 3.13. The Morgan fingerprint density at radius 2 is 2.22 bits per heavy atom. The molecule has 1 rings (SSSR count). The van der Waals surface area contributed by atoms with E-state index in [0.717, 1.165) is 4.68 Å². The fraction of sp³-hybridized carbons (Fsp3) is 0.600. The predicted octanol–water partition coefficient (Wildman–Crippen LogP) is -0.847. The maximum absolute atomic E-state index is 11.8. The Kier molecular flexibility index (Phi) is 5.27. The molecular weight excluding hydrogens is 306 g/mol. The molecule has 1 aromatic heterocycles. The van der Waals surface area contributed by atoms with Crippen LogP contribution in [0.3, 0.4) is 0 Å². The average molecular weight is 322 g/mol. The van der Waals surface area contributed by atoms with Crippen molar-refractivity contribution in [1.29, 1.82) is 0 Å². The molecule has 8 heteroatoms. The average Bonchev–Trinajstić information content (AvgIpc) is 2.34. The molecule has 0 aliphatic heterocycles. The number of halogens is 1. The Labute approximate surface area is 112 Å². The van der Waals surface area contributed by atoms with Gasteiger partial charge < -0.3 is 20.6 Å². The van der Waals surface area contributed by atoms with Crippen molar-refractivity contribution < 1.29 is 15.3 Å². The van der Waals surface area contributed by atoms with Gasteiger partial charge in [0.15, 0.2) is 0 Å². The Hall–Kier alpha value is -0.960. The van der Waals surface area contributed by atoms with Crippen LogP contribution in [0.25, 0.3) is 0 Å². The van der Waals surface area contributed by atoms with Crippen LogP contribution >= 0.6 is 15.9 Å². The van der Waals surface area contributed by atoms with Gasteiger partial charge in [-0.3, -0.25) is 4.79 Å². The number of nitrogens with one attached hydrogen (secondary N) is 1. The lowest BCUT2D eigenvalue weighted by Crippen LogP contribution is -2.37. The van der Waals surface area contributed by atoms with Crippen LogP contribution in [-0.4, -0.2) is 50.5 Å². The second-order valence-electron chi connectivity index (χ2n) is 4.13. The third-order valence-corrected chi connectivity index (χ3v) is 3.06. The van der Waals surface area contributed by atoms with Gasteiger partial charge >= 0.3 is 0 Å². The molecule has 7 nitrogen and oxygen atoms in total. The van der Waals surface area contributed by atoms with E-state index in [0.29, 0.717) is 5.69 Å². The van der Waals surface area contributed by atoms with Crippen LogP contribution in [0.5, 0.6) is 0 Å². The first kappa shape index (κ1) is 15.1. The monoisotopic (exact) mass is 321 g/mol. The van der Waals surface area contributed by atoms with Gasteiger partial charge in [-0.05, 0) is 22.9 Å². The van der Waals surface area contributed by atoms with Crippen molar-refractivity contribution in [3.8, 4) is 0 Å². The quantitative estimate of drug-likeness (QED) is 0.544. The van der Waals surface area contributed by atoms with Crippen molar-refractivity contribution in [2.24, 2.45) is 0 Å². The summed E-state index contributed by atoms with van der Waals surface area (Å²) in [4.78, 5) is 11.8. The number of anilines is 1. The van der Waals surface area contributed by atoms with Gasteiger partial charge in [-0.15, -0.1) is 0 Å². The van der Waals surface area contributed by atoms with E-state index in [1.54, 1.807) is 0 Å². The van der Waals surface area contributed by atoms with E-state index in [1.165, 1.54) is 13.1 Å². The highest BCUT2D eigenvalue weighted by Crippen LogP contribution is 2.17. The van der Waals surface area contributed by atoms with Gasteiger partial charge in [0.2, 0.25) is 0 Å². The highest BCUT2D eigenvalue weighted by atomic mass is 79.9. The van der Waals surface area contributed by atoms with Crippen LogP contribution in [0.2, 0.25) is 0 Å². The normalized spacial score (nSPS) is 14.3. The van der Waals surface area contributed by atoms with Crippen molar-refractivity contribution in [3.05, 3.63) is 21.0 Å². The molecule has 1 unspecified atom stereocenters. The molecule has 102 valence electrons. The smallest absolute Gasteiger partial charge is 0.283 e. The lowest BCUT2D eigenvalue weighted by atomic mass is 10.1. The van der Waals surface area contributed by atoms with Crippen LogP contribution in [0.4, 0.5) is 5.69 Å². The number of hydrogen-bond donors (Lipinski definition) is 4. The Morgan fingerprint density at radius 3 is 2.78 bits per heavy atom. The van der Waals surface area contributed by atoms with E-state index in [1.807, 2.05) is 0 Å². The molecule has 0 aromatic carbocycles. The van der Waals surface area contributed by atoms with Gasteiger partial charge in [-0.2, -0.15) is 5.10 Å². The van der Waals surface area contributed by atoms with E-state index < -0.39 is 12.2 Å². The van der Waals surface area contributed by atoms with Gasteiger partial charge in [0.25, 0.3) is 5.56 Å². The van der Waals surface area contributed by atoms with Gasteiger partial charge in [0, 0.05) is 6.54 Å². The first-order valence-electron chi connectivity index (χ1n) is 5.35. The van der Waals surface area contributed by atoms with Crippen molar-refractivity contribution >= 4 is 21.6 Å². The molecule has 0 radical (unpaired) electrons. The third kappa shape index (κ3) is 3.77. The Bertz CT molecular complexity index is 461. The molecule has 0 amide bonds. The zero-order chi connectivity index (χ0) is 13.8. The fourth-order valence-electron chi connectivity index (χ4n) is 1.18. The summed E-state index contributed by atoms with van der Waals surface area (Å²) in [6, 6.07) is 0. The summed E-state index contributed by atoms with van der Waals surface area (Å²) in [5, 5.41) is 34.0. The zero-order valence-corrected chi connectivity index (χ0v) is 11.5. The second-order valence-corrected chi connectivity index (χ2v) is 4.93. The molecular formula is C10H16BrN3O4. The summed E-state index contributed by atoms with van der Waals surface area (Å²) < 4.78 is 1.39. The molecule has 0 spiro atoms. The van der Waals surface area contributed by atoms with Gasteiger partial charge in [0.1, 0.15) is 10.1 Å². The van der Waals surface area contributed by atoms with E-state index in [-0.39, 0.29) is 29.7 Å². The molecule has 0 aliphatic carbocycles. The largest absolute Gasteiger partial charge is 0.394 e. The summed E-state index contributed by atoms with van der Waals surface area (Å²) in [6.07, 6.45) is 1.41. The topological polar surface area (TPSA) is 108 Å². The molecule has 18 heavy (non-hydrogen) atoms. The maximum Gasteiger partial charge on any atom is 0.283 e. The van der Waals surface area contributed by atoms with E-state index in [9.17, 15) is 9.90 Å². The number of aromatic nitrogens is 2. The van der Waals surface area contributed by atoms with Crippen LogP contribution in [0, 0.1) is 0 Å². The standard InChI is InChI=1S/C10H16BrN3O4/c1-10(18,6-16)5-12-7-4-13-14(2-3-15)9(17)8(7)11/h4,12,15-16,18H,2-3,5-6H2,1H3. The zero-order valence-electron chi connectivity index (χ0n) is 9.93. The van der Waals surface area contributed by atoms with Gasteiger partial charge in [0.05, 0.1) is 31.6 Å². The van der Waals surface area contributed by atoms with Crippen molar-refractivity contribution in [3.63, 3.8) is 0 Å². The highest BCUT2D eigenvalue weighted by molar-refractivity contribution is 9.10. The Morgan fingerprint density at radius 1 is 1.56 bits per heavy atom. The van der Waals surface area contributed by atoms with Crippen LogP contribution in [0.1, 0.15) is 6.92 Å². The summed E-state index contributed by atoms with van der Waals surface area (Å²) in [5.74, 6) is 0. The summed E-state index contributed by atoms with van der Waals surface area (Å²) in [5.41, 5.74) is -1.24. The molecule has 1 aromatic rings. The van der Waals surface area contributed by atoms with E-state index in [4.69, 9.17) is 10.2 Å². The molecule has 4 N–H and O–H groups in total. The lowest BCUT2D eigenvalue weighted by Gasteiger charge is -2.21. The predicted molar refractivity (Wildman–Crippen MR) is 69.5 cm³/mol. The van der Waals surface area contributed by atoms with Crippen LogP contribution < -0.4 is 10.9 Å². The molecule has 0 bridgehead atoms. The maximum atomic E-state index is 11.8. The molecule has 1 heterocycles. The van der Waals surface area contributed by atoms with Crippen molar-refractivity contribution in [1.82, 2.24) is 9.78 Å². The van der Waals surface area contributed by atoms with Crippen molar-refractivity contribution in [2.75, 3.05) is 25.1 Å². The first-order valence-corrected chi connectivity index (χ1v) is 6.14. The lowest BCUT2D eigenvalue weighted by molar-refractivity contribution is 0.0132. The van der Waals surface area contributed by atoms with Crippen molar-refractivity contribution in [2.45, 2.75) is 19.1 Å². The number of hydrogen-bond acceptors (Lipinski definition) is 6. The first-order chi connectivity index (χ1) is 8.41.